The molecule has 0 aromatic rings. The number of carbonyl (C=O) groups excluding carboxylic acids is 1. The molecule has 1 saturated heterocycles. The van der Waals surface area contributed by atoms with Crippen molar-refractivity contribution in [3.8, 4) is 0 Å². The molecule has 1 heterocycles. The van der Waals surface area contributed by atoms with Crippen LogP contribution in [-0.4, -0.2) is 19.0 Å². The minimum absolute atomic E-state index is 0.168. The van der Waals surface area contributed by atoms with Gasteiger partial charge >= 0.3 is 0 Å². The maximum absolute atomic E-state index is 10.6. The van der Waals surface area contributed by atoms with Crippen LogP contribution in [0.3, 0.4) is 0 Å². The lowest BCUT2D eigenvalue weighted by Gasteiger charge is -2.35. The third kappa shape index (κ3) is 2.31. The highest BCUT2D eigenvalue weighted by atomic mass is 16.5. The molecule has 0 saturated carbocycles. The summed E-state index contributed by atoms with van der Waals surface area (Å²) in [7, 11) is 0. The van der Waals surface area contributed by atoms with Crippen LogP contribution in [0.1, 0.15) is 33.6 Å². The topological polar surface area (TPSA) is 26.3 Å². The maximum Gasteiger partial charge on any atom is 0.123 e. The standard InChI is InChI=1S/C10H18O2/c1-10(2,3)9-6-8(7-11)4-5-12-9/h7-9H,4-6H2,1-3H3/t8-,9-/m1/s1. The van der Waals surface area contributed by atoms with Gasteiger partial charge in [0.05, 0.1) is 6.10 Å². The van der Waals surface area contributed by atoms with Crippen molar-refractivity contribution in [3.63, 3.8) is 0 Å². The highest BCUT2D eigenvalue weighted by molar-refractivity contribution is 5.53. The molecule has 2 nitrogen and oxygen atoms in total. The van der Waals surface area contributed by atoms with Gasteiger partial charge in [-0.3, -0.25) is 0 Å². The first kappa shape index (κ1) is 9.72. The molecule has 12 heavy (non-hydrogen) atoms. The molecule has 1 aliphatic heterocycles. The summed E-state index contributed by atoms with van der Waals surface area (Å²) in [4.78, 5) is 10.6. The molecule has 2 atom stereocenters. The predicted molar refractivity (Wildman–Crippen MR) is 48.0 cm³/mol. The van der Waals surface area contributed by atoms with Gasteiger partial charge < -0.3 is 9.53 Å². The molecule has 1 rings (SSSR count). The minimum atomic E-state index is 0.168. The molecule has 0 spiro atoms. The molecule has 0 unspecified atom stereocenters. The van der Waals surface area contributed by atoms with Crippen LogP contribution in [0.2, 0.25) is 0 Å². The molecule has 0 N–H and O–H groups in total. The number of hydrogen-bond donors (Lipinski definition) is 0. The molecule has 0 radical (unpaired) electrons. The van der Waals surface area contributed by atoms with Gasteiger partial charge in [-0.15, -0.1) is 0 Å². The van der Waals surface area contributed by atoms with Crippen LogP contribution in [0.5, 0.6) is 0 Å². The summed E-state index contributed by atoms with van der Waals surface area (Å²) < 4.78 is 5.62. The molecule has 0 aliphatic carbocycles. The molecule has 0 bridgehead atoms. The van der Waals surface area contributed by atoms with Crippen LogP contribution < -0.4 is 0 Å². The first-order chi connectivity index (χ1) is 5.54. The van der Waals surface area contributed by atoms with Crippen molar-refractivity contribution >= 4 is 6.29 Å². The molecular formula is C10H18O2. The fraction of sp³-hybridized carbons (Fsp3) is 0.900. The summed E-state index contributed by atoms with van der Waals surface area (Å²) >= 11 is 0. The Morgan fingerprint density at radius 3 is 2.58 bits per heavy atom. The lowest BCUT2D eigenvalue weighted by Crippen LogP contribution is -2.36. The molecular weight excluding hydrogens is 152 g/mol. The van der Waals surface area contributed by atoms with Gasteiger partial charge in [-0.25, -0.2) is 0 Å². The molecule has 1 aliphatic rings. The molecule has 70 valence electrons. The van der Waals surface area contributed by atoms with E-state index in [1.165, 1.54) is 0 Å². The molecule has 0 amide bonds. The molecule has 0 aromatic carbocycles. The smallest absolute Gasteiger partial charge is 0.123 e. The van der Waals surface area contributed by atoms with E-state index in [1.54, 1.807) is 0 Å². The van der Waals surface area contributed by atoms with E-state index in [9.17, 15) is 4.79 Å². The zero-order valence-electron chi connectivity index (χ0n) is 8.17. The minimum Gasteiger partial charge on any atom is -0.378 e. The van der Waals surface area contributed by atoms with E-state index in [1.807, 2.05) is 0 Å². The number of hydrogen-bond acceptors (Lipinski definition) is 2. The summed E-state index contributed by atoms with van der Waals surface area (Å²) in [5.41, 5.74) is 0.168. The normalized spacial score (nSPS) is 31.6. The van der Waals surface area contributed by atoms with E-state index in [0.717, 1.165) is 25.7 Å². The van der Waals surface area contributed by atoms with Crippen molar-refractivity contribution in [2.75, 3.05) is 6.61 Å². The van der Waals surface area contributed by atoms with Crippen molar-refractivity contribution in [3.05, 3.63) is 0 Å². The fourth-order valence-electron chi connectivity index (χ4n) is 1.55. The summed E-state index contributed by atoms with van der Waals surface area (Å²) in [5.74, 6) is 0.225. The van der Waals surface area contributed by atoms with Crippen molar-refractivity contribution in [1.82, 2.24) is 0 Å². The average molecular weight is 170 g/mol. The van der Waals surface area contributed by atoms with Gasteiger partial charge in [0, 0.05) is 12.5 Å². The summed E-state index contributed by atoms with van der Waals surface area (Å²) in [6.07, 6.45) is 3.12. The fourth-order valence-corrected chi connectivity index (χ4v) is 1.55. The zero-order chi connectivity index (χ0) is 9.19. The largest absolute Gasteiger partial charge is 0.378 e. The number of carbonyl (C=O) groups is 1. The second-order valence-corrected chi connectivity index (χ2v) is 4.65. The second kappa shape index (κ2) is 3.56. The lowest BCUT2D eigenvalue weighted by molar-refractivity contribution is -0.119. The first-order valence-electron chi connectivity index (χ1n) is 4.61. The van der Waals surface area contributed by atoms with E-state index < -0.39 is 0 Å². The Hall–Kier alpha value is -0.370. The van der Waals surface area contributed by atoms with Crippen LogP contribution >= 0.6 is 0 Å². The number of rotatable bonds is 1. The SMILES string of the molecule is CC(C)(C)[C@H]1C[C@H](C=O)CCO1. The monoisotopic (exact) mass is 170 g/mol. The summed E-state index contributed by atoms with van der Waals surface area (Å²) in [6, 6.07) is 0. The van der Waals surface area contributed by atoms with E-state index in [0.29, 0.717) is 0 Å². The van der Waals surface area contributed by atoms with Crippen molar-refractivity contribution in [2.45, 2.75) is 39.7 Å². The first-order valence-corrected chi connectivity index (χ1v) is 4.61. The van der Waals surface area contributed by atoms with E-state index in [2.05, 4.69) is 20.8 Å². The summed E-state index contributed by atoms with van der Waals surface area (Å²) in [6.45, 7) is 7.21. The summed E-state index contributed by atoms with van der Waals surface area (Å²) in [5, 5.41) is 0. The lowest BCUT2D eigenvalue weighted by atomic mass is 9.81. The predicted octanol–water partition coefficient (Wildman–Crippen LogP) is 2.03. The van der Waals surface area contributed by atoms with Crippen LogP contribution in [0.15, 0.2) is 0 Å². The highest BCUT2D eigenvalue weighted by Crippen LogP contribution is 2.31. The van der Waals surface area contributed by atoms with Gasteiger partial charge in [0.15, 0.2) is 0 Å². The van der Waals surface area contributed by atoms with Crippen LogP contribution in [0.25, 0.3) is 0 Å². The Balaban J connectivity index is 2.51. The molecule has 2 heteroatoms. The van der Waals surface area contributed by atoms with Gasteiger partial charge in [-0.1, -0.05) is 20.8 Å². The highest BCUT2D eigenvalue weighted by Gasteiger charge is 2.31. The van der Waals surface area contributed by atoms with Crippen molar-refractivity contribution < 1.29 is 9.53 Å². The Morgan fingerprint density at radius 2 is 2.08 bits per heavy atom. The van der Waals surface area contributed by atoms with E-state index in [-0.39, 0.29) is 17.4 Å². The van der Waals surface area contributed by atoms with Crippen LogP contribution in [-0.2, 0) is 9.53 Å². The van der Waals surface area contributed by atoms with Gasteiger partial charge in [-0.05, 0) is 18.3 Å². The third-order valence-corrected chi connectivity index (χ3v) is 2.48. The number of ether oxygens (including phenoxy) is 1. The molecule has 0 aromatic heterocycles. The average Bonchev–Trinajstić information content (AvgIpc) is 2.03. The maximum atomic E-state index is 10.6. The van der Waals surface area contributed by atoms with E-state index in [4.69, 9.17) is 4.74 Å². The zero-order valence-corrected chi connectivity index (χ0v) is 8.17. The Morgan fingerprint density at radius 1 is 1.42 bits per heavy atom. The van der Waals surface area contributed by atoms with Gasteiger partial charge in [-0.2, -0.15) is 0 Å². The Labute approximate surface area is 74.3 Å². The van der Waals surface area contributed by atoms with Gasteiger partial charge in [0.2, 0.25) is 0 Å². The van der Waals surface area contributed by atoms with Crippen molar-refractivity contribution in [2.24, 2.45) is 11.3 Å². The number of aldehydes is 1. The Kier molecular flexibility index (Phi) is 2.89. The van der Waals surface area contributed by atoms with Crippen molar-refractivity contribution in [1.29, 1.82) is 0 Å². The van der Waals surface area contributed by atoms with Gasteiger partial charge in [0.1, 0.15) is 6.29 Å². The van der Waals surface area contributed by atoms with Gasteiger partial charge in [0.25, 0.3) is 0 Å². The van der Waals surface area contributed by atoms with Crippen LogP contribution in [0.4, 0.5) is 0 Å². The van der Waals surface area contributed by atoms with Crippen LogP contribution in [0, 0.1) is 11.3 Å². The third-order valence-electron chi connectivity index (χ3n) is 2.48. The van der Waals surface area contributed by atoms with E-state index >= 15 is 0 Å². The quantitative estimate of drug-likeness (QED) is 0.563. The Bertz CT molecular complexity index is 158. The second-order valence-electron chi connectivity index (χ2n) is 4.65. The molecule has 1 fully saturated rings.